The molecule has 7 heteroatoms. The van der Waals surface area contributed by atoms with Crippen LogP contribution in [0.15, 0.2) is 51.8 Å². The third-order valence-electron chi connectivity index (χ3n) is 6.02. The average molecular weight is 412 g/mol. The summed E-state index contributed by atoms with van der Waals surface area (Å²) in [4.78, 5) is 17.1. The molecule has 0 atom stereocenters. The minimum Gasteiger partial charge on any atom is -0.355 e. The maximum atomic E-state index is 13.1. The fraction of sp³-hybridized carbons (Fsp3) is 0.364. The van der Waals surface area contributed by atoms with Gasteiger partial charge in [0, 0.05) is 37.3 Å². The molecule has 0 radical (unpaired) electrons. The van der Waals surface area contributed by atoms with Crippen LogP contribution in [0.25, 0.3) is 0 Å². The van der Waals surface area contributed by atoms with Gasteiger partial charge in [0.05, 0.1) is 0 Å². The molecule has 2 aromatic rings. The van der Waals surface area contributed by atoms with Crippen LogP contribution in [-0.4, -0.2) is 45.2 Å². The van der Waals surface area contributed by atoms with Crippen molar-refractivity contribution < 1.29 is 13.2 Å². The zero-order valence-corrected chi connectivity index (χ0v) is 17.7. The zero-order chi connectivity index (χ0) is 20.8. The summed E-state index contributed by atoms with van der Waals surface area (Å²) >= 11 is 0. The van der Waals surface area contributed by atoms with Gasteiger partial charge in [-0.3, -0.25) is 4.79 Å². The zero-order valence-electron chi connectivity index (χ0n) is 16.9. The molecule has 0 aromatic heterocycles. The van der Waals surface area contributed by atoms with E-state index in [-0.39, 0.29) is 16.7 Å². The number of nitrogens with zero attached hydrogens (tertiary/aromatic N) is 3. The lowest BCUT2D eigenvalue weighted by Gasteiger charge is -2.34. The van der Waals surface area contributed by atoms with Gasteiger partial charge in [-0.15, -0.1) is 4.40 Å². The first-order valence-electron chi connectivity index (χ1n) is 9.82. The monoisotopic (exact) mass is 411 g/mol. The minimum absolute atomic E-state index is 0.0787. The van der Waals surface area contributed by atoms with Crippen molar-refractivity contribution in [2.24, 2.45) is 10.3 Å². The van der Waals surface area contributed by atoms with Gasteiger partial charge >= 0.3 is 0 Å². The Morgan fingerprint density at radius 3 is 2.48 bits per heavy atom. The Labute approximate surface area is 171 Å². The van der Waals surface area contributed by atoms with Crippen molar-refractivity contribution in [3.8, 4) is 0 Å². The second-order valence-corrected chi connectivity index (χ2v) is 9.34. The van der Waals surface area contributed by atoms with E-state index in [1.54, 1.807) is 23.1 Å². The van der Waals surface area contributed by atoms with Crippen molar-refractivity contribution in [2.45, 2.75) is 31.6 Å². The third-order valence-corrected chi connectivity index (χ3v) is 7.35. The summed E-state index contributed by atoms with van der Waals surface area (Å²) in [5.74, 6) is 0.541. The van der Waals surface area contributed by atoms with Gasteiger partial charge in [0.15, 0.2) is 5.84 Å². The summed E-state index contributed by atoms with van der Waals surface area (Å²) in [6.45, 7) is 5.30. The number of carbonyl (C=O) groups is 1. The first kappa shape index (κ1) is 19.6. The van der Waals surface area contributed by atoms with E-state index < -0.39 is 10.0 Å². The lowest BCUT2D eigenvalue weighted by molar-refractivity contribution is -0.123. The van der Waals surface area contributed by atoms with Crippen molar-refractivity contribution in [2.75, 3.05) is 25.0 Å². The molecule has 2 aromatic carbocycles. The number of aryl methyl sites for hydroxylation is 1. The maximum absolute atomic E-state index is 13.1. The van der Waals surface area contributed by atoms with Crippen LogP contribution < -0.4 is 4.90 Å². The van der Waals surface area contributed by atoms with E-state index in [0.29, 0.717) is 37.3 Å². The minimum atomic E-state index is -3.62. The molecule has 1 saturated heterocycles. The molecule has 29 heavy (non-hydrogen) atoms. The van der Waals surface area contributed by atoms with E-state index in [4.69, 9.17) is 0 Å². The standard InChI is InChI=1S/C22H25N3O3S/c1-15-7-6-9-19(16(15)2)24(3)22(26)17-11-13-25(14-12-17)21-18-8-4-5-10-20(18)29(27,28)23-21/h4-10,17H,11-14H2,1-3H3. The number of carbonyl (C=O) groups excluding carboxylic acids is 1. The van der Waals surface area contributed by atoms with Crippen LogP contribution in [0.2, 0.25) is 0 Å². The van der Waals surface area contributed by atoms with Crippen LogP contribution in [0.5, 0.6) is 0 Å². The molecule has 2 aliphatic heterocycles. The van der Waals surface area contributed by atoms with Gasteiger partial charge in [0.25, 0.3) is 10.0 Å². The first-order chi connectivity index (χ1) is 13.8. The number of hydrogen-bond donors (Lipinski definition) is 0. The number of likely N-dealkylation sites (tertiary alicyclic amines) is 1. The Morgan fingerprint density at radius 2 is 1.76 bits per heavy atom. The van der Waals surface area contributed by atoms with E-state index in [1.807, 2.05) is 50.1 Å². The summed E-state index contributed by atoms with van der Waals surface area (Å²) in [6.07, 6.45) is 1.35. The van der Waals surface area contributed by atoms with Crippen molar-refractivity contribution in [1.82, 2.24) is 4.90 Å². The van der Waals surface area contributed by atoms with Crippen LogP contribution >= 0.6 is 0 Å². The Kier molecular flexibility index (Phi) is 4.94. The number of benzene rings is 2. The lowest BCUT2D eigenvalue weighted by Crippen LogP contribution is -2.43. The number of rotatable bonds is 2. The van der Waals surface area contributed by atoms with E-state index in [1.165, 1.54) is 0 Å². The highest BCUT2D eigenvalue weighted by Crippen LogP contribution is 2.31. The highest BCUT2D eigenvalue weighted by molar-refractivity contribution is 7.90. The van der Waals surface area contributed by atoms with Gasteiger partial charge < -0.3 is 9.80 Å². The predicted molar refractivity (Wildman–Crippen MR) is 114 cm³/mol. The largest absolute Gasteiger partial charge is 0.355 e. The summed E-state index contributed by atoms with van der Waals surface area (Å²) in [5.41, 5.74) is 3.88. The normalized spacial score (nSPS) is 18.3. The Balaban J connectivity index is 1.48. The van der Waals surface area contributed by atoms with E-state index >= 15 is 0 Å². The molecule has 6 nitrogen and oxygen atoms in total. The molecule has 0 N–H and O–H groups in total. The van der Waals surface area contributed by atoms with Gasteiger partial charge in [-0.2, -0.15) is 8.42 Å². The van der Waals surface area contributed by atoms with Gasteiger partial charge in [0.2, 0.25) is 5.91 Å². The molecule has 0 bridgehead atoms. The van der Waals surface area contributed by atoms with E-state index in [2.05, 4.69) is 4.40 Å². The molecule has 152 valence electrons. The van der Waals surface area contributed by atoms with Crippen molar-refractivity contribution >= 4 is 27.5 Å². The molecule has 0 aliphatic carbocycles. The van der Waals surface area contributed by atoms with E-state index in [0.717, 1.165) is 16.8 Å². The molecule has 4 rings (SSSR count). The second kappa shape index (κ2) is 7.30. The molecular formula is C22H25N3O3S. The number of piperidine rings is 1. The van der Waals surface area contributed by atoms with Crippen LogP contribution in [0.3, 0.4) is 0 Å². The van der Waals surface area contributed by atoms with Crippen LogP contribution in [0.1, 0.15) is 29.5 Å². The molecule has 2 aliphatic rings. The fourth-order valence-corrected chi connectivity index (χ4v) is 5.37. The van der Waals surface area contributed by atoms with Gasteiger partial charge in [-0.25, -0.2) is 0 Å². The molecular weight excluding hydrogens is 386 g/mol. The van der Waals surface area contributed by atoms with Crippen LogP contribution in [0.4, 0.5) is 5.69 Å². The molecule has 2 heterocycles. The SMILES string of the molecule is Cc1cccc(N(C)C(=O)C2CCN(C3=NS(=O)(=O)c4ccccc43)CC2)c1C. The molecule has 1 fully saturated rings. The Bertz CT molecular complexity index is 1100. The Morgan fingerprint density at radius 1 is 1.07 bits per heavy atom. The highest BCUT2D eigenvalue weighted by atomic mass is 32.2. The summed E-state index contributed by atoms with van der Waals surface area (Å²) in [5, 5.41) is 0. The number of amidine groups is 1. The lowest BCUT2D eigenvalue weighted by atomic mass is 9.94. The topological polar surface area (TPSA) is 70.1 Å². The Hall–Kier alpha value is -2.67. The number of sulfonamides is 1. The van der Waals surface area contributed by atoms with Crippen LogP contribution in [0, 0.1) is 19.8 Å². The van der Waals surface area contributed by atoms with Crippen molar-refractivity contribution in [3.63, 3.8) is 0 Å². The first-order valence-corrected chi connectivity index (χ1v) is 11.3. The fourth-order valence-electron chi connectivity index (χ4n) is 4.15. The quantitative estimate of drug-likeness (QED) is 0.761. The molecule has 0 spiro atoms. The smallest absolute Gasteiger partial charge is 0.285 e. The average Bonchev–Trinajstić information content (AvgIpc) is 3.00. The molecule has 0 saturated carbocycles. The predicted octanol–water partition coefficient (Wildman–Crippen LogP) is 3.13. The number of anilines is 1. The van der Waals surface area contributed by atoms with Gasteiger partial charge in [-0.05, 0) is 56.0 Å². The van der Waals surface area contributed by atoms with E-state index in [9.17, 15) is 13.2 Å². The maximum Gasteiger partial charge on any atom is 0.285 e. The number of fused-ring (bicyclic) bond motifs is 1. The van der Waals surface area contributed by atoms with Gasteiger partial charge in [0.1, 0.15) is 4.90 Å². The highest BCUT2D eigenvalue weighted by Gasteiger charge is 2.35. The van der Waals surface area contributed by atoms with Crippen molar-refractivity contribution in [3.05, 3.63) is 59.2 Å². The summed E-state index contributed by atoms with van der Waals surface area (Å²) < 4.78 is 28.6. The van der Waals surface area contributed by atoms with Crippen molar-refractivity contribution in [1.29, 1.82) is 0 Å². The number of hydrogen-bond acceptors (Lipinski definition) is 4. The molecule has 1 amide bonds. The summed E-state index contributed by atoms with van der Waals surface area (Å²) in [6, 6.07) is 12.9. The van der Waals surface area contributed by atoms with Gasteiger partial charge in [-0.1, -0.05) is 24.3 Å². The van der Waals surface area contributed by atoms with Crippen LogP contribution in [-0.2, 0) is 14.8 Å². The second-order valence-electron chi connectivity index (χ2n) is 7.76. The summed E-state index contributed by atoms with van der Waals surface area (Å²) in [7, 11) is -1.79. The number of amides is 1. The third kappa shape index (κ3) is 3.44. The molecule has 0 unspecified atom stereocenters.